The number of benzene rings is 1. The molecule has 1 saturated heterocycles. The first-order valence-corrected chi connectivity index (χ1v) is 8.25. The molecule has 1 aromatic rings. The first-order valence-electron chi connectivity index (χ1n) is 7.45. The molecular weight excluding hydrogens is 332 g/mol. The summed E-state index contributed by atoms with van der Waals surface area (Å²) in [5.41, 5.74) is 0. The van der Waals surface area contributed by atoms with E-state index >= 15 is 0 Å². The molecule has 0 aliphatic carbocycles. The summed E-state index contributed by atoms with van der Waals surface area (Å²) in [6, 6.07) is 7.59. The summed E-state index contributed by atoms with van der Waals surface area (Å²) < 4.78 is 6.72. The van der Waals surface area contributed by atoms with Gasteiger partial charge in [0.25, 0.3) is 5.91 Å². The monoisotopic (exact) mass is 354 g/mol. The lowest BCUT2D eigenvalue weighted by Crippen LogP contribution is -2.47. The lowest BCUT2D eigenvalue weighted by atomic mass is 9.97. The quantitative estimate of drug-likeness (QED) is 0.883. The molecule has 0 saturated carbocycles. The van der Waals surface area contributed by atoms with Crippen molar-refractivity contribution in [3.05, 3.63) is 28.7 Å². The van der Waals surface area contributed by atoms with Gasteiger partial charge in [0, 0.05) is 17.6 Å². The molecule has 1 N–H and O–H groups in total. The Morgan fingerprint density at radius 3 is 3.10 bits per heavy atom. The average Bonchev–Trinajstić information content (AvgIpc) is 2.47. The van der Waals surface area contributed by atoms with E-state index in [1.807, 2.05) is 43.1 Å². The van der Waals surface area contributed by atoms with Crippen LogP contribution in [0.5, 0.6) is 5.75 Å². The number of piperidine rings is 1. The first-order chi connectivity index (χ1) is 10.1. The Hall–Kier alpha value is -1.07. The van der Waals surface area contributed by atoms with Crippen LogP contribution in [0.25, 0.3) is 0 Å². The van der Waals surface area contributed by atoms with Gasteiger partial charge >= 0.3 is 0 Å². The Labute approximate surface area is 135 Å². The molecule has 0 spiro atoms. The van der Waals surface area contributed by atoms with Gasteiger partial charge in [-0.05, 0) is 57.5 Å². The Balaban J connectivity index is 1.92. The molecule has 0 radical (unpaired) electrons. The standard InChI is InChI=1S/C16H23BrN2O2/c1-12(21-15-7-3-6-14(17)9-15)16(20)19-8-4-5-13(11-19)10-18-2/h3,6-7,9,12-13,18H,4-5,8,10-11H2,1-2H3. The van der Waals surface area contributed by atoms with Crippen LogP contribution in [0.15, 0.2) is 28.7 Å². The molecule has 1 fully saturated rings. The first kappa shape index (κ1) is 16.3. The van der Waals surface area contributed by atoms with E-state index in [2.05, 4.69) is 21.2 Å². The molecule has 116 valence electrons. The maximum absolute atomic E-state index is 12.5. The molecule has 4 nitrogen and oxygen atoms in total. The summed E-state index contributed by atoms with van der Waals surface area (Å²) in [5.74, 6) is 1.34. The molecule has 1 amide bonds. The molecule has 2 rings (SSSR count). The second-order valence-corrected chi connectivity index (χ2v) is 6.48. The molecule has 21 heavy (non-hydrogen) atoms. The minimum absolute atomic E-state index is 0.0794. The van der Waals surface area contributed by atoms with Crippen LogP contribution >= 0.6 is 15.9 Å². The van der Waals surface area contributed by atoms with E-state index in [0.717, 1.165) is 30.5 Å². The van der Waals surface area contributed by atoms with Gasteiger partial charge in [0.15, 0.2) is 6.10 Å². The number of ether oxygens (including phenoxy) is 1. The number of nitrogens with zero attached hydrogens (tertiary/aromatic N) is 1. The Morgan fingerprint density at radius 2 is 2.38 bits per heavy atom. The van der Waals surface area contributed by atoms with Gasteiger partial charge < -0.3 is 15.0 Å². The van der Waals surface area contributed by atoms with Crippen molar-refractivity contribution in [1.82, 2.24) is 10.2 Å². The minimum atomic E-state index is -0.451. The Bertz CT molecular complexity index is 479. The molecule has 1 heterocycles. The second-order valence-electron chi connectivity index (χ2n) is 5.57. The van der Waals surface area contributed by atoms with E-state index < -0.39 is 6.10 Å². The summed E-state index contributed by atoms with van der Waals surface area (Å²) in [6.07, 6.45) is 1.81. The molecule has 1 aromatic carbocycles. The van der Waals surface area contributed by atoms with Gasteiger partial charge in [-0.25, -0.2) is 0 Å². The summed E-state index contributed by atoms with van der Waals surface area (Å²) in [7, 11) is 1.96. The van der Waals surface area contributed by atoms with Gasteiger partial charge in [-0.1, -0.05) is 22.0 Å². The number of hydrogen-bond acceptors (Lipinski definition) is 3. The van der Waals surface area contributed by atoms with Gasteiger partial charge in [0.1, 0.15) is 5.75 Å². The normalized spacial score (nSPS) is 20.1. The predicted octanol–water partition coefficient (Wildman–Crippen LogP) is 2.67. The predicted molar refractivity (Wildman–Crippen MR) is 87.5 cm³/mol. The molecule has 5 heteroatoms. The highest BCUT2D eigenvalue weighted by Gasteiger charge is 2.27. The SMILES string of the molecule is CNCC1CCCN(C(=O)C(C)Oc2cccc(Br)c2)C1. The third kappa shape index (κ3) is 4.71. The van der Waals surface area contributed by atoms with Crippen molar-refractivity contribution < 1.29 is 9.53 Å². The number of halogens is 1. The Kier molecular flexibility index (Phi) is 6.06. The average molecular weight is 355 g/mol. The van der Waals surface area contributed by atoms with E-state index in [4.69, 9.17) is 4.74 Å². The minimum Gasteiger partial charge on any atom is -0.481 e. The van der Waals surface area contributed by atoms with Gasteiger partial charge in [-0.15, -0.1) is 0 Å². The third-order valence-electron chi connectivity index (χ3n) is 3.78. The highest BCUT2D eigenvalue weighted by molar-refractivity contribution is 9.10. The van der Waals surface area contributed by atoms with Crippen molar-refractivity contribution >= 4 is 21.8 Å². The van der Waals surface area contributed by atoms with Crippen LogP contribution in [-0.2, 0) is 4.79 Å². The third-order valence-corrected chi connectivity index (χ3v) is 4.27. The summed E-state index contributed by atoms with van der Waals surface area (Å²) in [5, 5.41) is 3.20. The largest absolute Gasteiger partial charge is 0.481 e. The lowest BCUT2D eigenvalue weighted by molar-refractivity contribution is -0.139. The molecule has 1 aliphatic heterocycles. The van der Waals surface area contributed by atoms with Gasteiger partial charge in [0.2, 0.25) is 0 Å². The fourth-order valence-electron chi connectivity index (χ4n) is 2.77. The highest BCUT2D eigenvalue weighted by Crippen LogP contribution is 2.21. The zero-order chi connectivity index (χ0) is 15.2. The number of likely N-dealkylation sites (tertiary alicyclic amines) is 1. The highest BCUT2D eigenvalue weighted by atomic mass is 79.9. The topological polar surface area (TPSA) is 41.6 Å². The second kappa shape index (κ2) is 7.80. The lowest BCUT2D eigenvalue weighted by Gasteiger charge is -2.34. The van der Waals surface area contributed by atoms with Crippen molar-refractivity contribution in [2.45, 2.75) is 25.9 Å². The number of carbonyl (C=O) groups is 1. The maximum atomic E-state index is 12.5. The van der Waals surface area contributed by atoms with E-state index in [1.165, 1.54) is 6.42 Å². The van der Waals surface area contributed by atoms with Crippen LogP contribution < -0.4 is 10.1 Å². The van der Waals surface area contributed by atoms with Crippen molar-refractivity contribution in [3.8, 4) is 5.75 Å². The zero-order valence-electron chi connectivity index (χ0n) is 12.6. The summed E-state index contributed by atoms with van der Waals surface area (Å²) in [4.78, 5) is 14.4. The van der Waals surface area contributed by atoms with Crippen LogP contribution in [0.2, 0.25) is 0 Å². The molecule has 0 bridgehead atoms. The van der Waals surface area contributed by atoms with E-state index in [0.29, 0.717) is 11.7 Å². The smallest absolute Gasteiger partial charge is 0.263 e. The van der Waals surface area contributed by atoms with Crippen LogP contribution in [0.3, 0.4) is 0 Å². The number of nitrogens with one attached hydrogen (secondary N) is 1. The number of carbonyl (C=O) groups excluding carboxylic acids is 1. The van der Waals surface area contributed by atoms with Crippen LogP contribution in [0.1, 0.15) is 19.8 Å². The number of rotatable bonds is 5. The summed E-state index contributed by atoms with van der Waals surface area (Å²) in [6.45, 7) is 4.45. The van der Waals surface area contributed by atoms with Crippen molar-refractivity contribution in [2.24, 2.45) is 5.92 Å². The molecule has 1 aliphatic rings. The maximum Gasteiger partial charge on any atom is 0.263 e. The van der Waals surface area contributed by atoms with Crippen molar-refractivity contribution in [3.63, 3.8) is 0 Å². The van der Waals surface area contributed by atoms with E-state index in [-0.39, 0.29) is 5.91 Å². The number of amides is 1. The fraction of sp³-hybridized carbons (Fsp3) is 0.562. The zero-order valence-corrected chi connectivity index (χ0v) is 14.2. The summed E-state index contributed by atoms with van der Waals surface area (Å²) >= 11 is 3.41. The van der Waals surface area contributed by atoms with Crippen molar-refractivity contribution in [1.29, 1.82) is 0 Å². The van der Waals surface area contributed by atoms with Crippen LogP contribution in [-0.4, -0.2) is 43.6 Å². The molecular formula is C16H23BrN2O2. The molecule has 2 atom stereocenters. The van der Waals surface area contributed by atoms with Gasteiger partial charge in [0.05, 0.1) is 0 Å². The van der Waals surface area contributed by atoms with Crippen LogP contribution in [0.4, 0.5) is 0 Å². The Morgan fingerprint density at radius 1 is 1.57 bits per heavy atom. The van der Waals surface area contributed by atoms with E-state index in [1.54, 1.807) is 0 Å². The van der Waals surface area contributed by atoms with Gasteiger partial charge in [-0.2, -0.15) is 0 Å². The number of hydrogen-bond donors (Lipinski definition) is 1. The van der Waals surface area contributed by atoms with Gasteiger partial charge in [-0.3, -0.25) is 4.79 Å². The van der Waals surface area contributed by atoms with Crippen LogP contribution in [0, 0.1) is 5.92 Å². The fourth-order valence-corrected chi connectivity index (χ4v) is 3.15. The molecule has 0 aromatic heterocycles. The van der Waals surface area contributed by atoms with Crippen molar-refractivity contribution in [2.75, 3.05) is 26.7 Å². The van der Waals surface area contributed by atoms with E-state index in [9.17, 15) is 4.79 Å². The molecule has 2 unspecified atom stereocenters.